The molecule has 0 aliphatic heterocycles. The number of nitrogens with two attached hydrogens (primary N) is 1. The quantitative estimate of drug-likeness (QED) is 0.715. The molecule has 1 aromatic heterocycles. The van der Waals surface area contributed by atoms with E-state index in [-0.39, 0.29) is 5.91 Å². The fourth-order valence-corrected chi connectivity index (χ4v) is 1.38. The summed E-state index contributed by atoms with van der Waals surface area (Å²) in [5, 5.41) is 5.97. The minimum atomic E-state index is 0.0587. The number of aryl methyl sites for hydroxylation is 1. The Hall–Kier alpha value is -1.78. The Morgan fingerprint density at radius 2 is 2.17 bits per heavy atom. The van der Waals surface area contributed by atoms with Crippen molar-refractivity contribution < 1.29 is 4.79 Å². The summed E-state index contributed by atoms with van der Waals surface area (Å²) in [6, 6.07) is 3.62. The standard InChI is InChI=1S/C13H22N4O/c1-9(2)8-16-13(18)6-7-15-12-5-4-11(14)10(3)17-12/h4-5,9H,6-8,14H2,1-3H3,(H,15,17)(H,16,18). The van der Waals surface area contributed by atoms with E-state index >= 15 is 0 Å². The number of amides is 1. The summed E-state index contributed by atoms with van der Waals surface area (Å²) in [7, 11) is 0. The summed E-state index contributed by atoms with van der Waals surface area (Å²) in [6.45, 7) is 7.29. The van der Waals surface area contributed by atoms with E-state index < -0.39 is 0 Å². The highest BCUT2D eigenvalue weighted by Gasteiger charge is 2.03. The molecule has 0 saturated heterocycles. The number of rotatable bonds is 6. The van der Waals surface area contributed by atoms with Gasteiger partial charge < -0.3 is 16.4 Å². The fourth-order valence-electron chi connectivity index (χ4n) is 1.38. The van der Waals surface area contributed by atoms with Crippen LogP contribution in [0.25, 0.3) is 0 Å². The van der Waals surface area contributed by atoms with Crippen LogP contribution in [-0.2, 0) is 4.79 Å². The molecular formula is C13H22N4O. The molecule has 0 radical (unpaired) electrons. The fraction of sp³-hybridized carbons (Fsp3) is 0.538. The van der Waals surface area contributed by atoms with Crippen LogP contribution in [0.15, 0.2) is 12.1 Å². The summed E-state index contributed by atoms with van der Waals surface area (Å²) in [6.07, 6.45) is 0.442. The highest BCUT2D eigenvalue weighted by Crippen LogP contribution is 2.11. The maximum Gasteiger partial charge on any atom is 0.221 e. The largest absolute Gasteiger partial charge is 0.397 e. The van der Waals surface area contributed by atoms with Gasteiger partial charge in [0.2, 0.25) is 5.91 Å². The van der Waals surface area contributed by atoms with E-state index in [2.05, 4.69) is 29.5 Å². The van der Waals surface area contributed by atoms with Gasteiger partial charge in [-0.25, -0.2) is 4.98 Å². The molecule has 1 aromatic rings. The minimum Gasteiger partial charge on any atom is -0.397 e. The van der Waals surface area contributed by atoms with Crippen molar-refractivity contribution in [2.75, 3.05) is 24.1 Å². The van der Waals surface area contributed by atoms with Crippen LogP contribution in [0.1, 0.15) is 26.0 Å². The zero-order valence-corrected chi connectivity index (χ0v) is 11.3. The topological polar surface area (TPSA) is 80.0 Å². The lowest BCUT2D eigenvalue weighted by Crippen LogP contribution is -2.28. The van der Waals surface area contributed by atoms with Crippen molar-refractivity contribution in [1.82, 2.24) is 10.3 Å². The van der Waals surface area contributed by atoms with Gasteiger partial charge in [0.15, 0.2) is 0 Å². The summed E-state index contributed by atoms with van der Waals surface area (Å²) in [5.74, 6) is 1.28. The number of pyridine rings is 1. The van der Waals surface area contributed by atoms with Crippen molar-refractivity contribution >= 4 is 17.4 Å². The van der Waals surface area contributed by atoms with Gasteiger partial charge in [0.1, 0.15) is 5.82 Å². The van der Waals surface area contributed by atoms with Crippen LogP contribution in [0.4, 0.5) is 11.5 Å². The third-order valence-corrected chi connectivity index (χ3v) is 2.49. The van der Waals surface area contributed by atoms with Gasteiger partial charge in [0, 0.05) is 19.5 Å². The molecule has 1 amide bonds. The van der Waals surface area contributed by atoms with E-state index in [1.807, 2.05) is 19.1 Å². The Morgan fingerprint density at radius 1 is 1.44 bits per heavy atom. The zero-order valence-electron chi connectivity index (χ0n) is 11.3. The van der Waals surface area contributed by atoms with Gasteiger partial charge in [0.05, 0.1) is 11.4 Å². The Bertz CT molecular complexity index is 404. The van der Waals surface area contributed by atoms with Crippen LogP contribution in [-0.4, -0.2) is 24.0 Å². The molecule has 5 nitrogen and oxygen atoms in total. The molecule has 0 bridgehead atoms. The molecule has 0 fully saturated rings. The van der Waals surface area contributed by atoms with Gasteiger partial charge in [-0.2, -0.15) is 0 Å². The molecule has 0 aliphatic rings. The van der Waals surface area contributed by atoms with Crippen molar-refractivity contribution in [3.63, 3.8) is 0 Å². The van der Waals surface area contributed by atoms with Crippen LogP contribution in [0.2, 0.25) is 0 Å². The maximum absolute atomic E-state index is 11.5. The number of anilines is 2. The lowest BCUT2D eigenvalue weighted by molar-refractivity contribution is -0.120. The van der Waals surface area contributed by atoms with Crippen molar-refractivity contribution in [3.05, 3.63) is 17.8 Å². The van der Waals surface area contributed by atoms with Crippen molar-refractivity contribution in [2.24, 2.45) is 5.92 Å². The zero-order chi connectivity index (χ0) is 13.5. The lowest BCUT2D eigenvalue weighted by Gasteiger charge is -2.09. The average Bonchev–Trinajstić information content (AvgIpc) is 2.31. The van der Waals surface area contributed by atoms with Crippen molar-refractivity contribution in [1.29, 1.82) is 0 Å². The molecule has 1 heterocycles. The first kappa shape index (κ1) is 14.3. The normalized spacial score (nSPS) is 10.4. The molecule has 5 heteroatoms. The first-order valence-electron chi connectivity index (χ1n) is 6.22. The third-order valence-electron chi connectivity index (χ3n) is 2.49. The molecule has 0 aromatic carbocycles. The van der Waals surface area contributed by atoms with Gasteiger partial charge in [-0.1, -0.05) is 13.8 Å². The summed E-state index contributed by atoms with van der Waals surface area (Å²) < 4.78 is 0. The highest BCUT2D eigenvalue weighted by atomic mass is 16.1. The Labute approximate surface area is 108 Å². The number of nitrogen functional groups attached to an aromatic ring is 1. The van der Waals surface area contributed by atoms with Crippen LogP contribution >= 0.6 is 0 Å². The third kappa shape index (κ3) is 5.03. The van der Waals surface area contributed by atoms with E-state index in [0.717, 1.165) is 18.1 Å². The van der Waals surface area contributed by atoms with Crippen LogP contribution in [0.3, 0.4) is 0 Å². The number of carbonyl (C=O) groups excluding carboxylic acids is 1. The van der Waals surface area contributed by atoms with Gasteiger partial charge in [-0.05, 0) is 25.0 Å². The number of hydrogen-bond donors (Lipinski definition) is 3. The van der Waals surface area contributed by atoms with E-state index in [1.165, 1.54) is 0 Å². The second-order valence-electron chi connectivity index (χ2n) is 4.75. The first-order chi connectivity index (χ1) is 8.49. The number of carbonyl (C=O) groups is 1. The Kier molecular flexibility index (Phi) is 5.42. The molecule has 0 unspecified atom stereocenters. The predicted octanol–water partition coefficient (Wildman–Crippen LogP) is 1.55. The molecule has 0 spiro atoms. The number of nitrogens with one attached hydrogen (secondary N) is 2. The van der Waals surface area contributed by atoms with E-state index in [9.17, 15) is 4.79 Å². The number of aromatic nitrogens is 1. The van der Waals surface area contributed by atoms with Gasteiger partial charge >= 0.3 is 0 Å². The number of nitrogens with zero attached hydrogens (tertiary/aromatic N) is 1. The second kappa shape index (κ2) is 6.83. The summed E-state index contributed by atoms with van der Waals surface area (Å²) in [5.41, 5.74) is 7.15. The van der Waals surface area contributed by atoms with Crippen LogP contribution in [0.5, 0.6) is 0 Å². The maximum atomic E-state index is 11.5. The predicted molar refractivity (Wildman–Crippen MR) is 74.3 cm³/mol. The van der Waals surface area contributed by atoms with Gasteiger partial charge in [0.25, 0.3) is 0 Å². The molecule has 0 saturated carbocycles. The highest BCUT2D eigenvalue weighted by molar-refractivity contribution is 5.76. The minimum absolute atomic E-state index is 0.0587. The van der Waals surface area contributed by atoms with Crippen molar-refractivity contribution in [3.8, 4) is 0 Å². The van der Waals surface area contributed by atoms with E-state index in [0.29, 0.717) is 24.6 Å². The molecule has 1 rings (SSSR count). The lowest BCUT2D eigenvalue weighted by atomic mass is 10.2. The SMILES string of the molecule is Cc1nc(NCCC(=O)NCC(C)C)ccc1N. The van der Waals surface area contributed by atoms with E-state index in [1.54, 1.807) is 0 Å². The molecule has 0 atom stereocenters. The molecule has 0 aliphatic carbocycles. The van der Waals surface area contributed by atoms with Crippen LogP contribution < -0.4 is 16.4 Å². The smallest absolute Gasteiger partial charge is 0.221 e. The molecule has 18 heavy (non-hydrogen) atoms. The summed E-state index contributed by atoms with van der Waals surface area (Å²) in [4.78, 5) is 15.7. The van der Waals surface area contributed by atoms with Crippen molar-refractivity contribution in [2.45, 2.75) is 27.2 Å². The molecule has 100 valence electrons. The first-order valence-corrected chi connectivity index (χ1v) is 6.22. The molecule has 4 N–H and O–H groups in total. The van der Waals surface area contributed by atoms with Gasteiger partial charge in [-0.15, -0.1) is 0 Å². The Balaban J connectivity index is 2.28. The van der Waals surface area contributed by atoms with E-state index in [4.69, 9.17) is 5.73 Å². The number of hydrogen-bond acceptors (Lipinski definition) is 4. The van der Waals surface area contributed by atoms with Crippen LogP contribution in [0, 0.1) is 12.8 Å². The van der Waals surface area contributed by atoms with Gasteiger partial charge in [-0.3, -0.25) is 4.79 Å². The second-order valence-corrected chi connectivity index (χ2v) is 4.75. The monoisotopic (exact) mass is 250 g/mol. The summed E-state index contributed by atoms with van der Waals surface area (Å²) >= 11 is 0. The Morgan fingerprint density at radius 3 is 2.78 bits per heavy atom. The molecular weight excluding hydrogens is 228 g/mol. The average molecular weight is 250 g/mol.